The average molecular weight is 287 g/mol. The molecule has 0 atom stereocenters. The van der Waals surface area contributed by atoms with Gasteiger partial charge in [0.25, 0.3) is 5.91 Å². The maximum atomic E-state index is 12.3. The van der Waals surface area contributed by atoms with Crippen LogP contribution in [0.3, 0.4) is 0 Å². The van der Waals surface area contributed by atoms with Crippen molar-refractivity contribution in [2.75, 3.05) is 11.5 Å². The molecule has 5 heteroatoms. The number of aryl methyl sites for hydroxylation is 1. The minimum atomic E-state index is -0.132. The van der Waals surface area contributed by atoms with E-state index in [4.69, 9.17) is 0 Å². The minimum absolute atomic E-state index is 0.132. The lowest BCUT2D eigenvalue weighted by Gasteiger charge is -2.11. The monoisotopic (exact) mass is 287 g/mol. The first-order chi connectivity index (χ1) is 9.75. The summed E-state index contributed by atoms with van der Waals surface area (Å²) in [4.78, 5) is 12.3. The molecule has 0 unspecified atom stereocenters. The van der Waals surface area contributed by atoms with E-state index in [9.17, 15) is 4.79 Å². The number of hydrogen-bond donors (Lipinski definition) is 1. The van der Waals surface area contributed by atoms with Gasteiger partial charge < -0.3 is 4.57 Å². The van der Waals surface area contributed by atoms with Crippen LogP contribution in [-0.4, -0.2) is 27.7 Å². The third kappa shape index (κ3) is 2.58. The molecule has 0 spiro atoms. The number of nitrogens with zero attached hydrogens (tertiary/aromatic N) is 2. The van der Waals surface area contributed by atoms with E-state index in [2.05, 4.69) is 10.5 Å². The summed E-state index contributed by atoms with van der Waals surface area (Å²) in [7, 11) is 1.95. The van der Waals surface area contributed by atoms with E-state index in [1.165, 1.54) is 0 Å². The summed E-state index contributed by atoms with van der Waals surface area (Å²) in [6.07, 6.45) is 3.80. The van der Waals surface area contributed by atoms with Crippen LogP contribution in [0.2, 0.25) is 0 Å². The zero-order valence-corrected chi connectivity index (χ0v) is 12.2. The molecule has 0 bridgehead atoms. The number of carbonyl (C=O) groups is 1. The van der Waals surface area contributed by atoms with Crippen molar-refractivity contribution in [1.82, 2.24) is 9.99 Å². The molecule has 0 radical (unpaired) electrons. The van der Waals surface area contributed by atoms with E-state index in [1.54, 1.807) is 0 Å². The third-order valence-electron chi connectivity index (χ3n) is 3.53. The molecule has 1 amide bonds. The van der Waals surface area contributed by atoms with Crippen LogP contribution in [0.15, 0.2) is 35.6 Å². The molecule has 1 aliphatic rings. The second kappa shape index (κ2) is 5.71. The molecule has 1 aliphatic heterocycles. The summed E-state index contributed by atoms with van der Waals surface area (Å²) in [6.45, 7) is 0. The summed E-state index contributed by atoms with van der Waals surface area (Å²) in [5.74, 6) is 2.07. The Kier molecular flexibility index (Phi) is 3.78. The number of hydrazone groups is 1. The standard InChI is InChI=1S/C15H17N3OS/c1-18-10-13(12-4-2-3-5-14(12)18)15(19)17-16-11-6-8-20-9-7-11/h2-5,10H,6-9H2,1H3,(H,17,19). The second-order valence-corrected chi connectivity index (χ2v) is 6.13. The molecule has 1 saturated heterocycles. The number of amides is 1. The molecule has 104 valence electrons. The van der Waals surface area contributed by atoms with Crippen molar-refractivity contribution in [3.05, 3.63) is 36.0 Å². The molecule has 20 heavy (non-hydrogen) atoms. The number of rotatable bonds is 2. The van der Waals surface area contributed by atoms with Crippen molar-refractivity contribution in [2.45, 2.75) is 12.8 Å². The van der Waals surface area contributed by atoms with Crippen LogP contribution in [0.25, 0.3) is 10.9 Å². The van der Waals surface area contributed by atoms with Crippen molar-refractivity contribution in [3.8, 4) is 0 Å². The number of benzene rings is 1. The Balaban J connectivity index is 1.82. The van der Waals surface area contributed by atoms with Gasteiger partial charge in [-0.1, -0.05) is 18.2 Å². The fourth-order valence-electron chi connectivity index (χ4n) is 2.43. The van der Waals surface area contributed by atoms with Gasteiger partial charge in [0, 0.05) is 29.9 Å². The summed E-state index contributed by atoms with van der Waals surface area (Å²) in [5, 5.41) is 5.23. The molecule has 2 aromatic rings. The van der Waals surface area contributed by atoms with Crippen molar-refractivity contribution < 1.29 is 4.79 Å². The predicted molar refractivity (Wildman–Crippen MR) is 84.4 cm³/mol. The van der Waals surface area contributed by atoms with Crippen molar-refractivity contribution in [2.24, 2.45) is 12.1 Å². The Bertz CT molecular complexity index is 667. The lowest BCUT2D eigenvalue weighted by Crippen LogP contribution is -2.21. The van der Waals surface area contributed by atoms with Crippen molar-refractivity contribution in [1.29, 1.82) is 0 Å². The number of nitrogens with one attached hydrogen (secondary N) is 1. The van der Waals surface area contributed by atoms with E-state index >= 15 is 0 Å². The minimum Gasteiger partial charge on any atom is -0.350 e. The van der Waals surface area contributed by atoms with Crippen LogP contribution in [0, 0.1) is 0 Å². The molecule has 1 aromatic carbocycles. The van der Waals surface area contributed by atoms with Crippen molar-refractivity contribution >= 4 is 34.3 Å². The van der Waals surface area contributed by atoms with Gasteiger partial charge in [-0.2, -0.15) is 16.9 Å². The summed E-state index contributed by atoms with van der Waals surface area (Å²) in [6, 6.07) is 7.90. The van der Waals surface area contributed by atoms with Crippen LogP contribution in [0.5, 0.6) is 0 Å². The molecular formula is C15H17N3OS. The summed E-state index contributed by atoms with van der Waals surface area (Å²) in [5.41, 5.74) is 5.53. The quantitative estimate of drug-likeness (QED) is 0.863. The zero-order chi connectivity index (χ0) is 13.9. The number of hydrogen-bond acceptors (Lipinski definition) is 3. The van der Waals surface area contributed by atoms with Gasteiger partial charge >= 0.3 is 0 Å². The first-order valence-corrected chi connectivity index (χ1v) is 7.89. The van der Waals surface area contributed by atoms with Gasteiger partial charge in [0.2, 0.25) is 0 Å². The van der Waals surface area contributed by atoms with Crippen LogP contribution >= 0.6 is 11.8 Å². The number of carbonyl (C=O) groups excluding carboxylic acids is 1. The molecule has 2 heterocycles. The highest BCUT2D eigenvalue weighted by Gasteiger charge is 2.14. The van der Waals surface area contributed by atoms with Crippen LogP contribution < -0.4 is 5.43 Å². The van der Waals surface area contributed by atoms with E-state index in [0.29, 0.717) is 5.56 Å². The predicted octanol–water partition coefficient (Wildman–Crippen LogP) is 2.79. The second-order valence-electron chi connectivity index (χ2n) is 4.90. The van der Waals surface area contributed by atoms with Gasteiger partial charge in [-0.25, -0.2) is 5.43 Å². The Morgan fingerprint density at radius 2 is 2.05 bits per heavy atom. The maximum Gasteiger partial charge on any atom is 0.273 e. The largest absolute Gasteiger partial charge is 0.350 e. The number of fused-ring (bicyclic) bond motifs is 1. The van der Waals surface area contributed by atoms with Gasteiger partial charge in [-0.3, -0.25) is 4.79 Å². The smallest absolute Gasteiger partial charge is 0.273 e. The molecule has 1 fully saturated rings. The number of thioether (sulfide) groups is 1. The van der Waals surface area contributed by atoms with Gasteiger partial charge in [0.05, 0.1) is 5.56 Å². The Hall–Kier alpha value is -1.75. The molecule has 4 nitrogen and oxygen atoms in total. The molecule has 0 saturated carbocycles. The molecule has 1 N–H and O–H groups in total. The molecule has 0 aliphatic carbocycles. The summed E-state index contributed by atoms with van der Waals surface area (Å²) < 4.78 is 1.97. The van der Waals surface area contributed by atoms with E-state index in [0.717, 1.165) is 41.0 Å². The molecule has 1 aromatic heterocycles. The highest BCUT2D eigenvalue weighted by molar-refractivity contribution is 7.99. The zero-order valence-electron chi connectivity index (χ0n) is 11.4. The molecular weight excluding hydrogens is 270 g/mol. The third-order valence-corrected chi connectivity index (χ3v) is 4.51. The Morgan fingerprint density at radius 3 is 2.85 bits per heavy atom. The Labute approximate surface area is 122 Å². The normalized spacial score (nSPS) is 15.3. The fraction of sp³-hybridized carbons (Fsp3) is 0.333. The van der Waals surface area contributed by atoms with Gasteiger partial charge in [-0.15, -0.1) is 0 Å². The van der Waals surface area contributed by atoms with E-state index in [-0.39, 0.29) is 5.91 Å². The lowest BCUT2D eigenvalue weighted by molar-refractivity contribution is 0.0956. The van der Waals surface area contributed by atoms with E-state index < -0.39 is 0 Å². The fourth-order valence-corrected chi connectivity index (χ4v) is 3.40. The summed E-state index contributed by atoms with van der Waals surface area (Å²) >= 11 is 1.94. The van der Waals surface area contributed by atoms with Crippen LogP contribution in [-0.2, 0) is 7.05 Å². The highest BCUT2D eigenvalue weighted by atomic mass is 32.2. The first-order valence-electron chi connectivity index (χ1n) is 6.73. The van der Waals surface area contributed by atoms with Gasteiger partial charge in [0.1, 0.15) is 0 Å². The lowest BCUT2D eigenvalue weighted by atomic mass is 10.2. The van der Waals surface area contributed by atoms with Crippen LogP contribution in [0.4, 0.5) is 0 Å². The first kappa shape index (κ1) is 13.2. The van der Waals surface area contributed by atoms with E-state index in [1.807, 2.05) is 53.8 Å². The topological polar surface area (TPSA) is 46.4 Å². The number of aromatic nitrogens is 1. The number of para-hydroxylation sites is 1. The SMILES string of the molecule is Cn1cc(C(=O)NN=C2CCSCC2)c2ccccc21. The maximum absolute atomic E-state index is 12.3. The van der Waals surface area contributed by atoms with Crippen molar-refractivity contribution in [3.63, 3.8) is 0 Å². The average Bonchev–Trinajstić information content (AvgIpc) is 2.84. The van der Waals surface area contributed by atoms with Gasteiger partial charge in [-0.05, 0) is 30.4 Å². The van der Waals surface area contributed by atoms with Gasteiger partial charge in [0.15, 0.2) is 0 Å². The highest BCUT2D eigenvalue weighted by Crippen LogP contribution is 2.20. The Morgan fingerprint density at radius 1 is 1.30 bits per heavy atom. The molecule has 3 rings (SSSR count). The van der Waals surface area contributed by atoms with Crippen LogP contribution in [0.1, 0.15) is 23.2 Å².